The standard InChI is InChI=1S/C23H26ClN5O2/c1-15-7-8-17-13-26-20(12-19(17)11-15)28-22(30)25-9-10-29(3)23(31)27-14-18-6-4-5-16(2)21(18)24/h4-8,11-13H,9-10,14H2,1-3H3,(H,27,31)(H2,25,26,28,30). The van der Waals surface area contributed by atoms with Gasteiger partial charge in [-0.1, -0.05) is 53.6 Å². The van der Waals surface area contributed by atoms with E-state index in [1.54, 1.807) is 13.2 Å². The van der Waals surface area contributed by atoms with Crippen molar-refractivity contribution in [3.8, 4) is 0 Å². The molecule has 1 heterocycles. The van der Waals surface area contributed by atoms with E-state index in [-0.39, 0.29) is 12.1 Å². The molecule has 0 unspecified atom stereocenters. The van der Waals surface area contributed by atoms with Gasteiger partial charge >= 0.3 is 12.1 Å². The van der Waals surface area contributed by atoms with Crippen molar-refractivity contribution >= 4 is 40.3 Å². The largest absolute Gasteiger partial charge is 0.336 e. The van der Waals surface area contributed by atoms with Gasteiger partial charge in [-0.3, -0.25) is 5.32 Å². The van der Waals surface area contributed by atoms with Gasteiger partial charge in [0.25, 0.3) is 0 Å². The number of nitrogens with zero attached hydrogens (tertiary/aromatic N) is 2. The number of fused-ring (bicyclic) bond motifs is 1. The van der Waals surface area contributed by atoms with Gasteiger partial charge in [0.05, 0.1) is 0 Å². The van der Waals surface area contributed by atoms with Crippen LogP contribution < -0.4 is 16.0 Å². The monoisotopic (exact) mass is 439 g/mol. The molecule has 3 aromatic rings. The Morgan fingerprint density at radius 2 is 1.87 bits per heavy atom. The Kier molecular flexibility index (Phi) is 7.31. The summed E-state index contributed by atoms with van der Waals surface area (Å²) in [6, 6.07) is 13.0. The number of rotatable bonds is 6. The molecule has 0 aliphatic carbocycles. The number of carbonyl (C=O) groups is 2. The maximum atomic E-state index is 12.3. The summed E-state index contributed by atoms with van der Waals surface area (Å²) in [4.78, 5) is 30.2. The number of anilines is 1. The number of halogens is 1. The third-order valence-electron chi connectivity index (χ3n) is 4.90. The van der Waals surface area contributed by atoms with Crippen LogP contribution in [0.1, 0.15) is 16.7 Å². The van der Waals surface area contributed by atoms with Crippen LogP contribution in [0.3, 0.4) is 0 Å². The lowest BCUT2D eigenvalue weighted by Crippen LogP contribution is -2.42. The molecule has 8 heteroatoms. The number of nitrogens with one attached hydrogen (secondary N) is 3. The van der Waals surface area contributed by atoms with Crippen LogP contribution in [0.5, 0.6) is 0 Å². The Hall–Kier alpha value is -3.32. The van der Waals surface area contributed by atoms with Gasteiger partial charge in [0.15, 0.2) is 0 Å². The Bertz CT molecular complexity index is 1100. The van der Waals surface area contributed by atoms with Crippen LogP contribution in [0.2, 0.25) is 5.02 Å². The zero-order valence-electron chi connectivity index (χ0n) is 17.8. The van der Waals surface area contributed by atoms with E-state index in [1.165, 1.54) is 4.90 Å². The van der Waals surface area contributed by atoms with Crippen LogP contribution in [0.4, 0.5) is 15.4 Å². The summed E-state index contributed by atoms with van der Waals surface area (Å²) >= 11 is 6.26. The quantitative estimate of drug-likeness (QED) is 0.529. The van der Waals surface area contributed by atoms with E-state index >= 15 is 0 Å². The van der Waals surface area contributed by atoms with Crippen molar-refractivity contribution in [1.82, 2.24) is 20.5 Å². The fourth-order valence-electron chi connectivity index (χ4n) is 3.08. The summed E-state index contributed by atoms with van der Waals surface area (Å²) in [6.07, 6.45) is 1.73. The summed E-state index contributed by atoms with van der Waals surface area (Å²) in [5, 5.41) is 11.0. The normalized spacial score (nSPS) is 10.6. The first-order valence-corrected chi connectivity index (χ1v) is 10.4. The van der Waals surface area contributed by atoms with Crippen molar-refractivity contribution in [3.05, 3.63) is 70.4 Å². The summed E-state index contributed by atoms with van der Waals surface area (Å²) in [7, 11) is 1.67. The first-order valence-electron chi connectivity index (χ1n) is 9.97. The molecule has 2 aromatic carbocycles. The molecule has 0 fully saturated rings. The molecule has 4 amide bonds. The number of likely N-dealkylation sites (N-methyl/N-ethyl adjacent to an activating group) is 1. The smallest absolute Gasteiger partial charge is 0.320 e. The topological polar surface area (TPSA) is 86.4 Å². The van der Waals surface area contributed by atoms with E-state index in [0.717, 1.165) is 27.5 Å². The highest BCUT2D eigenvalue weighted by Gasteiger charge is 2.11. The molecule has 7 nitrogen and oxygen atoms in total. The molecule has 3 rings (SSSR count). The summed E-state index contributed by atoms with van der Waals surface area (Å²) in [6.45, 7) is 4.93. The zero-order chi connectivity index (χ0) is 22.4. The first kappa shape index (κ1) is 22.4. The van der Waals surface area contributed by atoms with Crippen LogP contribution in [-0.2, 0) is 6.54 Å². The number of pyridine rings is 1. The molecule has 1 aromatic heterocycles. The van der Waals surface area contributed by atoms with Gasteiger partial charge in [0, 0.05) is 43.3 Å². The van der Waals surface area contributed by atoms with E-state index in [9.17, 15) is 9.59 Å². The molecular weight excluding hydrogens is 414 g/mol. The van der Waals surface area contributed by atoms with Gasteiger partial charge in [-0.15, -0.1) is 0 Å². The van der Waals surface area contributed by atoms with Gasteiger partial charge in [0.2, 0.25) is 0 Å². The molecule has 162 valence electrons. The van der Waals surface area contributed by atoms with Crippen molar-refractivity contribution in [2.24, 2.45) is 0 Å². The van der Waals surface area contributed by atoms with Crippen LogP contribution >= 0.6 is 11.6 Å². The fraction of sp³-hybridized carbons (Fsp3) is 0.261. The van der Waals surface area contributed by atoms with E-state index in [4.69, 9.17) is 11.6 Å². The van der Waals surface area contributed by atoms with Crippen LogP contribution in [-0.4, -0.2) is 42.1 Å². The molecule has 3 N–H and O–H groups in total. The Balaban J connectivity index is 1.43. The van der Waals surface area contributed by atoms with Crippen molar-refractivity contribution in [1.29, 1.82) is 0 Å². The highest BCUT2D eigenvalue weighted by molar-refractivity contribution is 6.32. The van der Waals surface area contributed by atoms with Crippen LogP contribution in [0.25, 0.3) is 10.8 Å². The summed E-state index contributed by atoms with van der Waals surface area (Å²) in [5.74, 6) is 0.469. The number of hydrogen-bond donors (Lipinski definition) is 3. The third kappa shape index (κ3) is 6.08. The summed E-state index contributed by atoms with van der Waals surface area (Å²) in [5.41, 5.74) is 2.96. The lowest BCUT2D eigenvalue weighted by Gasteiger charge is -2.19. The molecule has 0 bridgehead atoms. The van der Waals surface area contributed by atoms with Gasteiger partial charge in [0.1, 0.15) is 5.82 Å². The highest BCUT2D eigenvalue weighted by Crippen LogP contribution is 2.20. The van der Waals surface area contributed by atoms with Gasteiger partial charge in [-0.2, -0.15) is 0 Å². The molecule has 31 heavy (non-hydrogen) atoms. The number of benzene rings is 2. The second-order valence-electron chi connectivity index (χ2n) is 7.43. The molecule has 0 aliphatic heterocycles. The number of aromatic nitrogens is 1. The van der Waals surface area contributed by atoms with Gasteiger partial charge in [-0.25, -0.2) is 14.6 Å². The van der Waals surface area contributed by atoms with Crippen LogP contribution in [0.15, 0.2) is 48.7 Å². The zero-order valence-corrected chi connectivity index (χ0v) is 18.6. The lowest BCUT2D eigenvalue weighted by molar-refractivity contribution is 0.208. The van der Waals surface area contributed by atoms with E-state index in [1.807, 2.05) is 56.3 Å². The van der Waals surface area contributed by atoms with Crippen molar-refractivity contribution in [2.45, 2.75) is 20.4 Å². The van der Waals surface area contributed by atoms with E-state index < -0.39 is 0 Å². The molecule has 0 spiro atoms. The fourth-order valence-corrected chi connectivity index (χ4v) is 3.27. The second kappa shape index (κ2) is 10.1. The summed E-state index contributed by atoms with van der Waals surface area (Å²) < 4.78 is 0. The maximum absolute atomic E-state index is 12.3. The Morgan fingerprint density at radius 3 is 2.68 bits per heavy atom. The van der Waals surface area contributed by atoms with Crippen molar-refractivity contribution in [3.63, 3.8) is 0 Å². The molecule has 0 atom stereocenters. The molecule has 0 saturated heterocycles. The Morgan fingerprint density at radius 1 is 1.06 bits per heavy atom. The van der Waals surface area contributed by atoms with Gasteiger partial charge in [-0.05, 0) is 36.4 Å². The molecule has 0 radical (unpaired) electrons. The minimum absolute atomic E-state index is 0.244. The molecule has 0 saturated carbocycles. The molecule has 0 aliphatic rings. The number of amides is 4. The number of hydrogen-bond acceptors (Lipinski definition) is 3. The lowest BCUT2D eigenvalue weighted by atomic mass is 10.1. The number of carbonyl (C=O) groups excluding carboxylic acids is 2. The minimum Gasteiger partial charge on any atom is -0.336 e. The first-order chi connectivity index (χ1) is 14.8. The van der Waals surface area contributed by atoms with Crippen LogP contribution in [0, 0.1) is 13.8 Å². The number of urea groups is 2. The maximum Gasteiger partial charge on any atom is 0.320 e. The second-order valence-corrected chi connectivity index (χ2v) is 7.81. The van der Waals surface area contributed by atoms with Crippen molar-refractivity contribution < 1.29 is 9.59 Å². The average molecular weight is 440 g/mol. The van der Waals surface area contributed by atoms with Gasteiger partial charge < -0.3 is 15.5 Å². The highest BCUT2D eigenvalue weighted by atomic mass is 35.5. The predicted molar refractivity (Wildman–Crippen MR) is 125 cm³/mol. The van der Waals surface area contributed by atoms with E-state index in [0.29, 0.717) is 30.5 Å². The van der Waals surface area contributed by atoms with E-state index in [2.05, 4.69) is 20.9 Å². The van der Waals surface area contributed by atoms with Crippen molar-refractivity contribution in [2.75, 3.05) is 25.5 Å². The Labute approximate surface area is 186 Å². The SMILES string of the molecule is Cc1ccc2cnc(NC(=O)NCCN(C)C(=O)NCc3cccc(C)c3Cl)cc2c1. The molecular formula is C23H26ClN5O2. The third-order valence-corrected chi connectivity index (χ3v) is 5.44. The predicted octanol–water partition coefficient (Wildman–Crippen LogP) is 4.47. The number of aryl methyl sites for hydroxylation is 2. The minimum atomic E-state index is -0.375. The average Bonchev–Trinajstić information content (AvgIpc) is 2.74.